The molecule has 1 saturated heterocycles. The van der Waals surface area contributed by atoms with Crippen LogP contribution in [-0.2, 0) is 9.53 Å². The van der Waals surface area contributed by atoms with Gasteiger partial charge < -0.3 is 15.0 Å². The molecule has 0 bridgehead atoms. The monoisotopic (exact) mass is 284 g/mol. The second-order valence-electron chi connectivity index (χ2n) is 5.50. The third kappa shape index (κ3) is 6.26. The summed E-state index contributed by atoms with van der Waals surface area (Å²) in [4.78, 5) is 24.7. The highest BCUT2D eigenvalue weighted by molar-refractivity contribution is 5.78. The lowest BCUT2D eigenvalue weighted by Gasteiger charge is -2.15. The molecule has 1 rings (SSSR count). The van der Waals surface area contributed by atoms with E-state index in [0.29, 0.717) is 26.2 Å². The van der Waals surface area contributed by atoms with Crippen LogP contribution in [0.4, 0.5) is 4.79 Å². The van der Waals surface area contributed by atoms with Gasteiger partial charge in [-0.15, -0.1) is 0 Å². The van der Waals surface area contributed by atoms with Gasteiger partial charge >= 0.3 is 6.09 Å². The van der Waals surface area contributed by atoms with Crippen LogP contribution >= 0.6 is 0 Å². The quantitative estimate of drug-likeness (QED) is 0.627. The molecule has 0 aromatic heterocycles. The van der Waals surface area contributed by atoms with Crippen molar-refractivity contribution in [2.24, 2.45) is 5.92 Å². The molecule has 1 fully saturated rings. The van der Waals surface area contributed by atoms with Crippen LogP contribution in [0.5, 0.6) is 0 Å². The Morgan fingerprint density at radius 2 is 2.10 bits per heavy atom. The number of hydrogen-bond acceptors (Lipinski definition) is 3. The van der Waals surface area contributed by atoms with Gasteiger partial charge in [-0.25, -0.2) is 4.79 Å². The third-order valence-corrected chi connectivity index (χ3v) is 3.71. The van der Waals surface area contributed by atoms with Gasteiger partial charge in [0.1, 0.15) is 6.61 Å². The van der Waals surface area contributed by atoms with Gasteiger partial charge in [0.2, 0.25) is 5.91 Å². The summed E-state index contributed by atoms with van der Waals surface area (Å²) in [5.74, 6) is 0.148. The predicted molar refractivity (Wildman–Crippen MR) is 78.5 cm³/mol. The predicted octanol–water partition coefficient (Wildman–Crippen LogP) is 2.55. The van der Waals surface area contributed by atoms with E-state index in [4.69, 9.17) is 4.74 Å². The Labute approximate surface area is 122 Å². The van der Waals surface area contributed by atoms with Crippen molar-refractivity contribution in [1.29, 1.82) is 0 Å². The molecule has 1 N–H and O–H groups in total. The highest BCUT2D eigenvalue weighted by Crippen LogP contribution is 2.11. The number of cyclic esters (lactones) is 1. The summed E-state index contributed by atoms with van der Waals surface area (Å²) in [6.45, 7) is 6.30. The van der Waals surface area contributed by atoms with Crippen molar-refractivity contribution in [1.82, 2.24) is 10.2 Å². The van der Waals surface area contributed by atoms with Crippen LogP contribution in [0.1, 0.15) is 52.4 Å². The largest absolute Gasteiger partial charge is 0.448 e. The van der Waals surface area contributed by atoms with Crippen molar-refractivity contribution in [2.45, 2.75) is 52.4 Å². The Bertz CT molecular complexity index is 307. The Hall–Kier alpha value is -1.26. The van der Waals surface area contributed by atoms with E-state index >= 15 is 0 Å². The topological polar surface area (TPSA) is 58.6 Å². The van der Waals surface area contributed by atoms with Crippen molar-refractivity contribution >= 4 is 12.0 Å². The van der Waals surface area contributed by atoms with Crippen LogP contribution in [0.2, 0.25) is 0 Å². The maximum Gasteiger partial charge on any atom is 0.409 e. The molecule has 2 amide bonds. The van der Waals surface area contributed by atoms with Crippen LogP contribution in [0.15, 0.2) is 0 Å². The van der Waals surface area contributed by atoms with Gasteiger partial charge in [0.15, 0.2) is 0 Å². The van der Waals surface area contributed by atoms with Crippen LogP contribution in [0.3, 0.4) is 0 Å². The highest BCUT2D eigenvalue weighted by atomic mass is 16.6. The molecule has 0 saturated carbocycles. The van der Waals surface area contributed by atoms with E-state index in [1.807, 2.05) is 6.92 Å². The first-order chi connectivity index (χ1) is 9.65. The number of nitrogens with zero attached hydrogens (tertiary/aromatic N) is 1. The molecule has 0 radical (unpaired) electrons. The molecule has 116 valence electrons. The van der Waals surface area contributed by atoms with Gasteiger partial charge in [-0.2, -0.15) is 0 Å². The first-order valence-electron chi connectivity index (χ1n) is 7.84. The van der Waals surface area contributed by atoms with Crippen molar-refractivity contribution in [3.63, 3.8) is 0 Å². The van der Waals surface area contributed by atoms with Crippen LogP contribution in [0.25, 0.3) is 0 Å². The normalized spacial score (nSPS) is 16.1. The Morgan fingerprint density at radius 1 is 1.35 bits per heavy atom. The summed E-state index contributed by atoms with van der Waals surface area (Å²) in [5, 5.41) is 2.89. The average Bonchev–Trinajstić information content (AvgIpc) is 2.84. The number of nitrogens with one attached hydrogen (secondary N) is 1. The van der Waals surface area contributed by atoms with Crippen molar-refractivity contribution in [3.05, 3.63) is 0 Å². The van der Waals surface area contributed by atoms with Gasteiger partial charge in [-0.3, -0.25) is 4.79 Å². The number of carbonyl (C=O) groups is 2. The molecule has 1 heterocycles. The second kappa shape index (κ2) is 9.61. The SMILES string of the molecule is CCCCCCCC(C)C(=O)NCCN1CCOC1=O. The third-order valence-electron chi connectivity index (χ3n) is 3.71. The molecule has 0 aromatic rings. The van der Waals surface area contributed by atoms with Crippen molar-refractivity contribution < 1.29 is 14.3 Å². The summed E-state index contributed by atoms with van der Waals surface area (Å²) < 4.78 is 4.83. The lowest BCUT2D eigenvalue weighted by molar-refractivity contribution is -0.124. The van der Waals surface area contributed by atoms with E-state index in [1.54, 1.807) is 4.90 Å². The van der Waals surface area contributed by atoms with Gasteiger partial charge in [0.25, 0.3) is 0 Å². The fraction of sp³-hybridized carbons (Fsp3) is 0.867. The van der Waals surface area contributed by atoms with Crippen molar-refractivity contribution in [2.75, 3.05) is 26.2 Å². The number of unbranched alkanes of at least 4 members (excludes halogenated alkanes) is 4. The molecule has 0 aromatic carbocycles. The molecular weight excluding hydrogens is 256 g/mol. The molecule has 0 spiro atoms. The maximum absolute atomic E-state index is 11.9. The number of ether oxygens (including phenoxy) is 1. The molecule has 5 heteroatoms. The molecule has 5 nitrogen and oxygen atoms in total. The first-order valence-corrected chi connectivity index (χ1v) is 7.84. The van der Waals surface area contributed by atoms with E-state index in [-0.39, 0.29) is 17.9 Å². The zero-order valence-corrected chi connectivity index (χ0v) is 12.8. The fourth-order valence-corrected chi connectivity index (χ4v) is 2.30. The van der Waals surface area contributed by atoms with Gasteiger partial charge in [-0.05, 0) is 6.42 Å². The molecule has 1 atom stereocenters. The zero-order valence-electron chi connectivity index (χ0n) is 12.8. The number of amides is 2. The smallest absolute Gasteiger partial charge is 0.409 e. The van der Waals surface area contributed by atoms with Gasteiger partial charge in [0.05, 0.1) is 6.54 Å². The van der Waals surface area contributed by atoms with E-state index in [0.717, 1.165) is 12.8 Å². The summed E-state index contributed by atoms with van der Waals surface area (Å²) in [7, 11) is 0. The summed E-state index contributed by atoms with van der Waals surface area (Å²) in [6.07, 6.45) is 6.80. The summed E-state index contributed by atoms with van der Waals surface area (Å²) in [6, 6.07) is 0. The number of rotatable bonds is 10. The first kappa shape index (κ1) is 16.8. The molecule has 1 aliphatic rings. The van der Waals surface area contributed by atoms with Crippen LogP contribution < -0.4 is 5.32 Å². The van der Waals surface area contributed by atoms with Gasteiger partial charge in [-0.1, -0.05) is 46.0 Å². The van der Waals surface area contributed by atoms with Crippen LogP contribution in [0, 0.1) is 5.92 Å². The lowest BCUT2D eigenvalue weighted by atomic mass is 10.0. The molecular formula is C15H28N2O3. The Morgan fingerprint density at radius 3 is 2.75 bits per heavy atom. The van der Waals surface area contributed by atoms with Gasteiger partial charge in [0, 0.05) is 19.0 Å². The van der Waals surface area contributed by atoms with E-state index in [1.165, 1.54) is 25.7 Å². The zero-order chi connectivity index (χ0) is 14.8. The summed E-state index contributed by atoms with van der Waals surface area (Å²) >= 11 is 0. The molecule has 20 heavy (non-hydrogen) atoms. The molecule has 0 aliphatic carbocycles. The lowest BCUT2D eigenvalue weighted by Crippen LogP contribution is -2.37. The fourth-order valence-electron chi connectivity index (χ4n) is 2.30. The minimum atomic E-state index is -0.275. The minimum absolute atomic E-state index is 0.0576. The maximum atomic E-state index is 11.9. The highest BCUT2D eigenvalue weighted by Gasteiger charge is 2.21. The Kier molecular flexibility index (Phi) is 8.07. The van der Waals surface area contributed by atoms with E-state index in [9.17, 15) is 9.59 Å². The minimum Gasteiger partial charge on any atom is -0.448 e. The van der Waals surface area contributed by atoms with E-state index in [2.05, 4.69) is 12.2 Å². The summed E-state index contributed by atoms with van der Waals surface area (Å²) in [5.41, 5.74) is 0. The number of hydrogen-bond donors (Lipinski definition) is 1. The van der Waals surface area contributed by atoms with E-state index < -0.39 is 0 Å². The average molecular weight is 284 g/mol. The molecule has 1 unspecified atom stereocenters. The Balaban J connectivity index is 2.04. The number of carbonyl (C=O) groups excluding carboxylic acids is 2. The standard InChI is InChI=1S/C15H28N2O3/c1-3-4-5-6-7-8-13(2)14(18)16-9-10-17-11-12-20-15(17)19/h13H,3-12H2,1-2H3,(H,16,18). The molecule has 1 aliphatic heterocycles. The van der Waals surface area contributed by atoms with Crippen molar-refractivity contribution in [3.8, 4) is 0 Å². The van der Waals surface area contributed by atoms with Crippen LogP contribution in [-0.4, -0.2) is 43.1 Å². The second-order valence-corrected chi connectivity index (χ2v) is 5.50.